The largest absolute Gasteiger partial charge is 1.00 e. The van der Waals surface area contributed by atoms with Gasteiger partial charge in [0.25, 0.3) is 0 Å². The molecule has 0 aromatic heterocycles. The second-order valence-electron chi connectivity index (χ2n) is 12.3. The molecule has 4 heteroatoms. The summed E-state index contributed by atoms with van der Waals surface area (Å²) in [7, 11) is -1.78. The number of unbranched alkanes of at least 4 members (excludes halogenated alkanes) is 4. The molecular weight excluding hydrogens is 647 g/mol. The molecule has 238 valence electrons. The van der Waals surface area contributed by atoms with Crippen LogP contribution in [0, 0.1) is 6.92 Å². The van der Waals surface area contributed by atoms with Gasteiger partial charge < -0.3 is 21.7 Å². The van der Waals surface area contributed by atoms with Crippen LogP contribution in [0.2, 0.25) is 0 Å². The minimum Gasteiger partial charge on any atom is -1.00 e. The first-order chi connectivity index (χ1) is 22.0. The van der Waals surface area contributed by atoms with Gasteiger partial charge in [-0.05, 0) is 103 Å². The van der Waals surface area contributed by atoms with E-state index in [4.69, 9.17) is 4.74 Å². The third-order valence-corrected chi connectivity index (χ3v) is 13.3. The molecule has 46 heavy (non-hydrogen) atoms. The van der Waals surface area contributed by atoms with Gasteiger partial charge in [0.2, 0.25) is 0 Å². The molecule has 0 fully saturated rings. The number of ether oxygens (including phenoxy) is 1. The van der Waals surface area contributed by atoms with Crippen LogP contribution in [0.4, 0.5) is 0 Å². The van der Waals surface area contributed by atoms with E-state index >= 15 is 0 Å². The third-order valence-electron chi connectivity index (χ3n) is 8.75. The number of carbonyl (C=O) groups excluding carboxylic acids is 1. The number of hydrogen-bond acceptors (Lipinski definition) is 2. The van der Waals surface area contributed by atoms with Crippen molar-refractivity contribution in [1.29, 1.82) is 0 Å². The minimum atomic E-state index is -1.78. The average Bonchev–Trinajstić information content (AvgIpc) is 3.07. The lowest BCUT2D eigenvalue weighted by molar-refractivity contribution is -0.134. The number of hydrogen-bond donors (Lipinski definition) is 0. The molecule has 0 spiro atoms. The maximum absolute atomic E-state index is 12.9. The topological polar surface area (TPSA) is 26.3 Å². The Kier molecular flexibility index (Phi) is 13.4. The Labute approximate surface area is 287 Å². The number of rotatable bonds is 14. The summed E-state index contributed by atoms with van der Waals surface area (Å²) in [6, 6.07) is 48.0. The van der Waals surface area contributed by atoms with E-state index in [1.165, 1.54) is 27.0 Å². The van der Waals surface area contributed by atoms with E-state index in [-0.39, 0.29) is 28.9 Å². The maximum Gasteiger partial charge on any atom is 0.311 e. The van der Waals surface area contributed by atoms with E-state index in [0.717, 1.165) is 49.4 Å². The molecule has 0 unspecified atom stereocenters. The van der Waals surface area contributed by atoms with Crippen LogP contribution in [0.3, 0.4) is 0 Å². The SMILES string of the molecule is Cc1cc(OC(=O)CCCCCCC[P+](c2ccccc2)(c2ccccc2)c2ccccc2)c(C(C)C)cc1-c1ccccc1.[Br-]. The fraction of sp³-hybridized carbons (Fsp3) is 0.262. The first kappa shape index (κ1) is 35.3. The molecule has 0 heterocycles. The van der Waals surface area contributed by atoms with Crippen molar-refractivity contribution in [2.45, 2.75) is 65.2 Å². The standard InChI is InChI=1S/C42H46O2P.BrH/c1-33(2)39-32-40(35-21-11-7-12-22-35)34(3)31-41(39)44-42(43)29-19-5-4-6-20-30-45(36-23-13-8-14-24-36,37-25-15-9-16-26-37)38-27-17-10-18-28-38;/h7-18,21-28,31-33H,4-6,19-20,29-30H2,1-3H3;1H/q+1;/p-1. The average molecular weight is 694 g/mol. The van der Waals surface area contributed by atoms with Gasteiger partial charge in [0.1, 0.15) is 28.9 Å². The first-order valence-electron chi connectivity index (χ1n) is 16.4. The van der Waals surface area contributed by atoms with Crippen molar-refractivity contribution in [2.75, 3.05) is 6.16 Å². The highest BCUT2D eigenvalue weighted by Crippen LogP contribution is 2.56. The van der Waals surface area contributed by atoms with Crippen LogP contribution >= 0.6 is 7.26 Å². The van der Waals surface area contributed by atoms with Crippen LogP contribution in [-0.4, -0.2) is 12.1 Å². The fourth-order valence-corrected chi connectivity index (χ4v) is 10.8. The van der Waals surface area contributed by atoms with E-state index in [0.29, 0.717) is 12.2 Å². The number of esters is 1. The molecule has 5 rings (SSSR count). The predicted octanol–water partition coefficient (Wildman–Crippen LogP) is 7.03. The molecule has 0 saturated carbocycles. The van der Waals surface area contributed by atoms with Crippen molar-refractivity contribution in [2.24, 2.45) is 0 Å². The Morgan fingerprint density at radius 3 is 1.59 bits per heavy atom. The highest BCUT2D eigenvalue weighted by atomic mass is 79.9. The van der Waals surface area contributed by atoms with Crippen molar-refractivity contribution in [3.8, 4) is 16.9 Å². The zero-order valence-corrected chi connectivity index (χ0v) is 29.9. The fourth-order valence-electron chi connectivity index (χ4n) is 6.37. The van der Waals surface area contributed by atoms with Crippen LogP contribution in [0.5, 0.6) is 5.75 Å². The summed E-state index contributed by atoms with van der Waals surface area (Å²) in [5.41, 5.74) is 4.58. The smallest absolute Gasteiger partial charge is 0.311 e. The molecule has 0 N–H and O–H groups in total. The Bertz CT molecular complexity index is 1540. The summed E-state index contributed by atoms with van der Waals surface area (Å²) in [6.45, 7) is 6.40. The van der Waals surface area contributed by atoms with Gasteiger partial charge in [0.15, 0.2) is 0 Å². The van der Waals surface area contributed by atoms with Gasteiger partial charge in [-0.2, -0.15) is 0 Å². The van der Waals surface area contributed by atoms with Gasteiger partial charge in [-0.1, -0.05) is 112 Å². The highest BCUT2D eigenvalue weighted by molar-refractivity contribution is 7.95. The van der Waals surface area contributed by atoms with Crippen LogP contribution in [-0.2, 0) is 4.79 Å². The number of aryl methyl sites for hydroxylation is 1. The van der Waals surface area contributed by atoms with Crippen LogP contribution < -0.4 is 37.6 Å². The molecule has 0 aliphatic carbocycles. The molecule has 2 nitrogen and oxygen atoms in total. The summed E-state index contributed by atoms with van der Waals surface area (Å²) >= 11 is 0. The van der Waals surface area contributed by atoms with Gasteiger partial charge in [-0.15, -0.1) is 0 Å². The Hall–Kier alpha value is -3.52. The summed E-state index contributed by atoms with van der Waals surface area (Å²) in [5.74, 6) is 0.828. The summed E-state index contributed by atoms with van der Waals surface area (Å²) in [5, 5.41) is 4.33. The van der Waals surface area contributed by atoms with E-state index in [1.54, 1.807) is 0 Å². The zero-order valence-electron chi connectivity index (χ0n) is 27.4. The van der Waals surface area contributed by atoms with E-state index in [2.05, 4.69) is 142 Å². The van der Waals surface area contributed by atoms with E-state index in [9.17, 15) is 4.79 Å². The second-order valence-corrected chi connectivity index (χ2v) is 15.9. The predicted molar refractivity (Wildman–Crippen MR) is 194 cm³/mol. The quantitative estimate of drug-likeness (QED) is 0.0541. The van der Waals surface area contributed by atoms with Gasteiger partial charge in [-0.3, -0.25) is 4.79 Å². The molecule has 5 aromatic carbocycles. The Morgan fingerprint density at radius 1 is 0.630 bits per heavy atom. The molecule has 0 amide bonds. The summed E-state index contributed by atoms with van der Waals surface area (Å²) < 4.78 is 5.96. The van der Waals surface area contributed by atoms with Gasteiger partial charge in [-0.25, -0.2) is 0 Å². The van der Waals surface area contributed by atoms with Crippen LogP contribution in [0.1, 0.15) is 69.4 Å². The third kappa shape index (κ3) is 8.64. The lowest BCUT2D eigenvalue weighted by Gasteiger charge is -2.27. The van der Waals surface area contributed by atoms with E-state index in [1.807, 2.05) is 12.1 Å². The van der Waals surface area contributed by atoms with Crippen molar-refractivity contribution >= 4 is 29.1 Å². The Morgan fingerprint density at radius 2 is 1.09 bits per heavy atom. The van der Waals surface area contributed by atoms with Crippen LogP contribution in [0.25, 0.3) is 11.1 Å². The zero-order chi connectivity index (χ0) is 31.5. The maximum atomic E-state index is 12.9. The van der Waals surface area contributed by atoms with E-state index < -0.39 is 7.26 Å². The molecule has 0 aliphatic rings. The van der Waals surface area contributed by atoms with Crippen molar-refractivity contribution < 1.29 is 26.5 Å². The number of benzene rings is 5. The van der Waals surface area contributed by atoms with Crippen molar-refractivity contribution in [3.05, 3.63) is 145 Å². The molecule has 0 aliphatic heterocycles. The van der Waals surface area contributed by atoms with Gasteiger partial charge in [0, 0.05) is 6.42 Å². The Balaban J connectivity index is 0.00000480. The van der Waals surface area contributed by atoms with Gasteiger partial charge >= 0.3 is 5.97 Å². The normalized spacial score (nSPS) is 11.2. The first-order valence-corrected chi connectivity index (χ1v) is 18.4. The summed E-state index contributed by atoms with van der Waals surface area (Å²) in [6.07, 6.45) is 6.91. The molecule has 0 bridgehead atoms. The molecule has 0 radical (unpaired) electrons. The monoisotopic (exact) mass is 692 g/mol. The lowest BCUT2D eigenvalue weighted by Crippen LogP contribution is -3.00. The molecule has 5 aromatic rings. The minimum absolute atomic E-state index is 0. The van der Waals surface area contributed by atoms with Crippen molar-refractivity contribution in [3.63, 3.8) is 0 Å². The van der Waals surface area contributed by atoms with Crippen LogP contribution in [0.15, 0.2) is 133 Å². The highest BCUT2D eigenvalue weighted by Gasteiger charge is 2.44. The molecule has 0 atom stereocenters. The summed E-state index contributed by atoms with van der Waals surface area (Å²) in [4.78, 5) is 12.9. The number of halogens is 1. The second kappa shape index (κ2) is 17.4. The molecule has 0 saturated heterocycles. The molecular formula is C42H46BrO2P. The van der Waals surface area contributed by atoms with Gasteiger partial charge in [0.05, 0.1) is 6.16 Å². The number of carbonyl (C=O) groups is 1. The van der Waals surface area contributed by atoms with Crippen molar-refractivity contribution in [1.82, 2.24) is 0 Å². The lowest BCUT2D eigenvalue weighted by atomic mass is 9.93.